The van der Waals surface area contributed by atoms with Gasteiger partial charge in [0.2, 0.25) is 0 Å². The van der Waals surface area contributed by atoms with E-state index in [4.69, 9.17) is 7.80 Å². The summed E-state index contributed by atoms with van der Waals surface area (Å²) in [4.78, 5) is 0. The van der Waals surface area contributed by atoms with E-state index in [-0.39, 0.29) is 0 Å². The molecule has 13 heavy (non-hydrogen) atoms. The lowest BCUT2D eigenvalue weighted by Gasteiger charge is -2.12. The number of ether oxygens (including phenoxy) is 1. The van der Waals surface area contributed by atoms with Crippen molar-refractivity contribution in [2.75, 3.05) is 7.11 Å². The molecule has 1 aromatic rings. The molecule has 0 fully saturated rings. The molecule has 0 atom stereocenters. The van der Waals surface area contributed by atoms with Crippen LogP contribution in [0.1, 0.15) is 25.3 Å². The van der Waals surface area contributed by atoms with Crippen molar-refractivity contribution in [2.24, 2.45) is 0 Å². The lowest BCUT2D eigenvalue weighted by Crippen LogP contribution is -1.94. The van der Waals surface area contributed by atoms with Crippen molar-refractivity contribution < 1.29 is 7.80 Å². The number of rotatable bonds is 3. The maximum Gasteiger partial charge on any atom is 0.192 e. The van der Waals surface area contributed by atoms with Crippen molar-refractivity contribution in [3.63, 3.8) is 0 Å². The summed E-state index contributed by atoms with van der Waals surface area (Å²) in [5, 5.41) is 0. The molecule has 0 saturated carbocycles. The zero-order valence-electron chi connectivity index (χ0n) is 8.00. The largest absolute Gasteiger partial charge is 0.496 e. The van der Waals surface area contributed by atoms with Gasteiger partial charge in [-0.25, -0.2) is 0 Å². The Bertz CT molecular complexity index is 284. The minimum absolute atomic E-state index is 0.446. The predicted molar refractivity (Wildman–Crippen MR) is 61.7 cm³/mol. The Morgan fingerprint density at radius 3 is 2.46 bits per heavy atom. The van der Waals surface area contributed by atoms with E-state index in [9.17, 15) is 0 Å². The first kappa shape index (κ1) is 10.6. The molecule has 1 rings (SSSR count). The monoisotopic (exact) mass is 292 g/mol. The summed E-state index contributed by atoms with van der Waals surface area (Å²) >= 11 is 1.88. The Balaban J connectivity index is 3.10. The first-order valence-electron chi connectivity index (χ1n) is 4.15. The van der Waals surface area contributed by atoms with Gasteiger partial charge in [-0.3, -0.25) is 0 Å². The number of methoxy groups -OCH3 is 1. The van der Waals surface area contributed by atoms with Gasteiger partial charge in [-0.1, -0.05) is 13.8 Å². The van der Waals surface area contributed by atoms with Crippen molar-refractivity contribution in [1.82, 2.24) is 0 Å². The van der Waals surface area contributed by atoms with Crippen LogP contribution in [-0.4, -0.2) is 7.11 Å². The van der Waals surface area contributed by atoms with Gasteiger partial charge in [-0.15, -0.1) is 0 Å². The van der Waals surface area contributed by atoms with Crippen molar-refractivity contribution in [3.05, 3.63) is 23.8 Å². The molecule has 0 aliphatic carbocycles. The number of benzene rings is 1. The van der Waals surface area contributed by atoms with Gasteiger partial charge in [-0.05, 0) is 24.1 Å². The van der Waals surface area contributed by atoms with E-state index in [2.05, 4.69) is 13.8 Å². The smallest absolute Gasteiger partial charge is 0.192 e. The Morgan fingerprint density at radius 1 is 1.31 bits per heavy atom. The summed E-state index contributed by atoms with van der Waals surface area (Å²) in [6, 6.07) is 5.84. The third-order valence-electron chi connectivity index (χ3n) is 1.91. The molecule has 0 bridgehead atoms. The van der Waals surface area contributed by atoms with Gasteiger partial charge >= 0.3 is 0 Å². The highest BCUT2D eigenvalue weighted by Gasteiger charge is 2.08. The van der Waals surface area contributed by atoms with Crippen molar-refractivity contribution in [3.8, 4) is 11.5 Å². The molecule has 0 aliphatic heterocycles. The van der Waals surface area contributed by atoms with E-state index in [0.717, 1.165) is 11.5 Å². The summed E-state index contributed by atoms with van der Waals surface area (Å²) in [5.41, 5.74) is 1.18. The van der Waals surface area contributed by atoms with Gasteiger partial charge in [-0.2, -0.15) is 0 Å². The molecular weight excluding hydrogens is 279 g/mol. The Hall–Kier alpha value is -0.450. The van der Waals surface area contributed by atoms with E-state index < -0.39 is 0 Å². The molecule has 2 nitrogen and oxygen atoms in total. The number of hydrogen-bond acceptors (Lipinski definition) is 2. The lowest BCUT2D eigenvalue weighted by molar-refractivity contribution is 0.407. The molecule has 0 heterocycles. The van der Waals surface area contributed by atoms with E-state index in [1.165, 1.54) is 5.56 Å². The molecule has 0 aliphatic rings. The fourth-order valence-corrected chi connectivity index (χ4v) is 1.49. The fourth-order valence-electron chi connectivity index (χ4n) is 1.21. The molecule has 0 N–H and O–H groups in total. The van der Waals surface area contributed by atoms with Crippen LogP contribution in [0.25, 0.3) is 0 Å². The van der Waals surface area contributed by atoms with Crippen LogP contribution in [0.4, 0.5) is 0 Å². The maximum atomic E-state index is 5.25. The van der Waals surface area contributed by atoms with Gasteiger partial charge in [0.1, 0.15) is 11.5 Å². The van der Waals surface area contributed by atoms with Crippen LogP contribution >= 0.6 is 23.0 Å². The second-order valence-corrected chi connectivity index (χ2v) is 3.58. The topological polar surface area (TPSA) is 18.5 Å². The van der Waals surface area contributed by atoms with Crippen LogP contribution < -0.4 is 7.80 Å². The number of halogens is 1. The zero-order chi connectivity index (χ0) is 9.84. The number of hydrogen-bond donors (Lipinski definition) is 0. The lowest BCUT2D eigenvalue weighted by atomic mass is 10.0. The molecule has 0 aromatic heterocycles. The summed E-state index contributed by atoms with van der Waals surface area (Å²) in [6.45, 7) is 4.27. The van der Waals surface area contributed by atoms with Crippen LogP contribution in [-0.2, 0) is 0 Å². The Morgan fingerprint density at radius 2 is 2.00 bits per heavy atom. The predicted octanol–water partition coefficient (Wildman–Crippen LogP) is 3.55. The molecule has 3 heteroatoms. The Labute approximate surface area is 92.9 Å². The summed E-state index contributed by atoms with van der Waals surface area (Å²) in [6.07, 6.45) is 0. The van der Waals surface area contributed by atoms with E-state index >= 15 is 0 Å². The normalized spacial score (nSPS) is 10.2. The maximum absolute atomic E-state index is 5.25. The first-order chi connectivity index (χ1) is 6.19. The average Bonchev–Trinajstić information content (AvgIpc) is 2.16. The van der Waals surface area contributed by atoms with E-state index in [0.29, 0.717) is 5.92 Å². The van der Waals surface area contributed by atoms with Crippen LogP contribution in [0.3, 0.4) is 0 Å². The molecule has 0 saturated heterocycles. The summed E-state index contributed by atoms with van der Waals surface area (Å²) < 4.78 is 10.4. The molecule has 0 radical (unpaired) electrons. The quantitative estimate of drug-likeness (QED) is 0.793. The SMILES string of the molecule is COc1ccc(OI)cc1C(C)C. The second kappa shape index (κ2) is 4.69. The fraction of sp³-hybridized carbons (Fsp3) is 0.400. The second-order valence-electron chi connectivity index (χ2n) is 3.14. The van der Waals surface area contributed by atoms with Crippen molar-refractivity contribution in [2.45, 2.75) is 19.8 Å². The van der Waals surface area contributed by atoms with Gasteiger partial charge in [0.15, 0.2) is 23.0 Å². The minimum atomic E-state index is 0.446. The van der Waals surface area contributed by atoms with Gasteiger partial charge in [0.05, 0.1) is 7.11 Å². The van der Waals surface area contributed by atoms with Gasteiger partial charge < -0.3 is 7.80 Å². The highest BCUT2D eigenvalue weighted by Crippen LogP contribution is 2.30. The molecular formula is C10H13IO2. The molecule has 0 amide bonds. The van der Waals surface area contributed by atoms with Crippen LogP contribution in [0.15, 0.2) is 18.2 Å². The Kier molecular flexibility index (Phi) is 3.84. The third-order valence-corrected chi connectivity index (χ3v) is 2.42. The minimum Gasteiger partial charge on any atom is -0.496 e. The van der Waals surface area contributed by atoms with Crippen molar-refractivity contribution in [1.29, 1.82) is 0 Å². The van der Waals surface area contributed by atoms with Crippen LogP contribution in [0, 0.1) is 0 Å². The first-order valence-corrected chi connectivity index (χ1v) is 5.03. The standard InChI is InChI=1S/C10H13IO2/c1-7(2)9-6-8(13-11)4-5-10(9)12-3/h4-7H,1-3H3. The molecule has 72 valence electrons. The summed E-state index contributed by atoms with van der Waals surface area (Å²) in [7, 11) is 1.69. The van der Waals surface area contributed by atoms with Crippen LogP contribution in [0.5, 0.6) is 11.5 Å². The summed E-state index contributed by atoms with van der Waals surface area (Å²) in [5.74, 6) is 2.23. The van der Waals surface area contributed by atoms with Crippen molar-refractivity contribution >= 4 is 23.0 Å². The highest BCUT2D eigenvalue weighted by atomic mass is 127. The molecule has 0 spiro atoms. The third kappa shape index (κ3) is 2.49. The average molecular weight is 292 g/mol. The zero-order valence-corrected chi connectivity index (χ0v) is 10.2. The van der Waals surface area contributed by atoms with Gasteiger partial charge in [0.25, 0.3) is 0 Å². The van der Waals surface area contributed by atoms with E-state index in [1.54, 1.807) is 7.11 Å². The van der Waals surface area contributed by atoms with E-state index in [1.807, 2.05) is 41.2 Å². The highest BCUT2D eigenvalue weighted by molar-refractivity contribution is 14.1. The molecule has 1 aromatic carbocycles. The van der Waals surface area contributed by atoms with Gasteiger partial charge in [0, 0.05) is 5.56 Å². The molecule has 0 unspecified atom stereocenters. The van der Waals surface area contributed by atoms with Crippen LogP contribution in [0.2, 0.25) is 0 Å².